The van der Waals surface area contributed by atoms with Gasteiger partial charge >= 0.3 is 0 Å². The van der Waals surface area contributed by atoms with E-state index in [0.29, 0.717) is 5.69 Å². The van der Waals surface area contributed by atoms with Gasteiger partial charge in [-0.15, -0.1) is 0 Å². The molecule has 0 unspecified atom stereocenters. The van der Waals surface area contributed by atoms with E-state index in [9.17, 15) is 4.79 Å². The average molecular weight is 273 g/mol. The van der Waals surface area contributed by atoms with Gasteiger partial charge in [0.1, 0.15) is 17.0 Å². The molecule has 5 nitrogen and oxygen atoms in total. The molecule has 106 valence electrons. The molecule has 1 aromatic heterocycles. The number of anilines is 1. The SMILES string of the molecule is Cn1nccc1C(=O)Nc1ccc(OC(C)(C)C)cc1. The zero-order chi connectivity index (χ0) is 14.8. The highest BCUT2D eigenvalue weighted by atomic mass is 16.5. The maximum Gasteiger partial charge on any atom is 0.273 e. The van der Waals surface area contributed by atoms with Crippen LogP contribution in [0, 0.1) is 0 Å². The summed E-state index contributed by atoms with van der Waals surface area (Å²) in [5.41, 5.74) is 0.997. The van der Waals surface area contributed by atoms with Crippen LogP contribution in [0.15, 0.2) is 36.5 Å². The van der Waals surface area contributed by atoms with E-state index in [0.717, 1.165) is 11.4 Å². The first-order valence-electron chi connectivity index (χ1n) is 6.43. The minimum absolute atomic E-state index is 0.186. The van der Waals surface area contributed by atoms with Crippen LogP contribution in [0.2, 0.25) is 0 Å². The van der Waals surface area contributed by atoms with Gasteiger partial charge < -0.3 is 10.1 Å². The fraction of sp³-hybridized carbons (Fsp3) is 0.333. The summed E-state index contributed by atoms with van der Waals surface area (Å²) in [5, 5.41) is 6.79. The van der Waals surface area contributed by atoms with Crippen LogP contribution in [0.5, 0.6) is 5.75 Å². The highest BCUT2D eigenvalue weighted by molar-refractivity contribution is 6.02. The number of carbonyl (C=O) groups is 1. The van der Waals surface area contributed by atoms with Crippen molar-refractivity contribution in [2.45, 2.75) is 26.4 Å². The Kier molecular flexibility index (Phi) is 3.79. The van der Waals surface area contributed by atoms with Crippen molar-refractivity contribution < 1.29 is 9.53 Å². The molecule has 1 N–H and O–H groups in total. The van der Waals surface area contributed by atoms with Crippen LogP contribution in [0.1, 0.15) is 31.3 Å². The van der Waals surface area contributed by atoms with Gasteiger partial charge in [-0.05, 0) is 51.1 Å². The van der Waals surface area contributed by atoms with Gasteiger partial charge in [-0.1, -0.05) is 0 Å². The Labute approximate surface area is 118 Å². The van der Waals surface area contributed by atoms with Crippen molar-refractivity contribution in [1.82, 2.24) is 9.78 Å². The lowest BCUT2D eigenvalue weighted by Crippen LogP contribution is -2.22. The van der Waals surface area contributed by atoms with Crippen molar-refractivity contribution in [3.8, 4) is 5.75 Å². The number of aromatic nitrogens is 2. The molecule has 0 saturated carbocycles. The highest BCUT2D eigenvalue weighted by Gasteiger charge is 2.12. The maximum atomic E-state index is 12.0. The summed E-state index contributed by atoms with van der Waals surface area (Å²) in [6, 6.07) is 8.98. The van der Waals surface area contributed by atoms with Crippen LogP contribution in [-0.4, -0.2) is 21.3 Å². The Morgan fingerprint density at radius 3 is 2.35 bits per heavy atom. The van der Waals surface area contributed by atoms with Gasteiger partial charge in [0.05, 0.1) is 0 Å². The van der Waals surface area contributed by atoms with Gasteiger partial charge in [0.25, 0.3) is 5.91 Å². The molecule has 0 bridgehead atoms. The third-order valence-electron chi connectivity index (χ3n) is 2.59. The molecule has 2 rings (SSSR count). The van der Waals surface area contributed by atoms with Crippen LogP contribution in [0.25, 0.3) is 0 Å². The van der Waals surface area contributed by atoms with Gasteiger partial charge in [-0.25, -0.2) is 0 Å². The number of benzene rings is 1. The van der Waals surface area contributed by atoms with Gasteiger partial charge in [0, 0.05) is 18.9 Å². The Balaban J connectivity index is 2.04. The second kappa shape index (κ2) is 5.36. The van der Waals surface area contributed by atoms with Crippen molar-refractivity contribution in [3.63, 3.8) is 0 Å². The summed E-state index contributed by atoms with van der Waals surface area (Å²) in [6.07, 6.45) is 1.59. The van der Waals surface area contributed by atoms with Crippen molar-refractivity contribution in [2.75, 3.05) is 5.32 Å². The van der Waals surface area contributed by atoms with E-state index in [1.54, 1.807) is 19.3 Å². The molecule has 0 aliphatic carbocycles. The Morgan fingerprint density at radius 2 is 1.85 bits per heavy atom. The van der Waals surface area contributed by atoms with Crippen LogP contribution in [-0.2, 0) is 7.05 Å². The molecule has 1 heterocycles. The summed E-state index contributed by atoms with van der Waals surface area (Å²) in [6.45, 7) is 5.97. The predicted octanol–water partition coefficient (Wildman–Crippen LogP) is 2.85. The van der Waals surface area contributed by atoms with E-state index in [2.05, 4.69) is 10.4 Å². The number of rotatable bonds is 3. The van der Waals surface area contributed by atoms with E-state index >= 15 is 0 Å². The molecule has 0 fully saturated rings. The van der Waals surface area contributed by atoms with Crippen molar-refractivity contribution in [1.29, 1.82) is 0 Å². The summed E-state index contributed by atoms with van der Waals surface area (Å²) in [7, 11) is 1.73. The lowest BCUT2D eigenvalue weighted by Gasteiger charge is -2.21. The van der Waals surface area contributed by atoms with E-state index in [1.807, 2.05) is 45.0 Å². The second-order valence-electron chi connectivity index (χ2n) is 5.53. The van der Waals surface area contributed by atoms with Crippen LogP contribution in [0.4, 0.5) is 5.69 Å². The fourth-order valence-corrected chi connectivity index (χ4v) is 1.75. The molecule has 5 heteroatoms. The molecule has 0 aliphatic heterocycles. The molecule has 20 heavy (non-hydrogen) atoms. The predicted molar refractivity (Wildman–Crippen MR) is 78.0 cm³/mol. The third kappa shape index (κ3) is 3.60. The van der Waals surface area contributed by atoms with Gasteiger partial charge in [-0.3, -0.25) is 9.48 Å². The maximum absolute atomic E-state index is 12.0. The first kappa shape index (κ1) is 14.1. The van der Waals surface area contributed by atoms with E-state index in [4.69, 9.17) is 4.74 Å². The minimum atomic E-state index is -0.237. The molecule has 0 atom stereocenters. The summed E-state index contributed by atoms with van der Waals surface area (Å²) < 4.78 is 7.26. The summed E-state index contributed by atoms with van der Waals surface area (Å²) in [5.74, 6) is 0.588. The Bertz CT molecular complexity index is 594. The fourth-order valence-electron chi connectivity index (χ4n) is 1.75. The molecule has 0 aliphatic rings. The normalized spacial score (nSPS) is 11.2. The molecule has 2 aromatic rings. The molecule has 0 spiro atoms. The number of nitrogens with one attached hydrogen (secondary N) is 1. The standard InChI is InChI=1S/C15H19N3O2/c1-15(2,3)20-12-7-5-11(6-8-12)17-14(19)13-9-10-16-18(13)4/h5-10H,1-4H3,(H,17,19). The molecule has 1 aromatic carbocycles. The largest absolute Gasteiger partial charge is 0.488 e. The highest BCUT2D eigenvalue weighted by Crippen LogP contribution is 2.20. The van der Waals surface area contributed by atoms with Gasteiger partial charge in [0.2, 0.25) is 0 Å². The van der Waals surface area contributed by atoms with Gasteiger partial charge in [0.15, 0.2) is 0 Å². The third-order valence-corrected chi connectivity index (χ3v) is 2.59. The number of hydrogen-bond acceptors (Lipinski definition) is 3. The summed E-state index contributed by atoms with van der Waals surface area (Å²) >= 11 is 0. The number of nitrogens with zero attached hydrogens (tertiary/aromatic N) is 2. The monoisotopic (exact) mass is 273 g/mol. The summed E-state index contributed by atoms with van der Waals surface area (Å²) in [4.78, 5) is 12.0. The number of aryl methyl sites for hydroxylation is 1. The van der Waals surface area contributed by atoms with E-state index < -0.39 is 0 Å². The first-order valence-corrected chi connectivity index (χ1v) is 6.43. The van der Waals surface area contributed by atoms with Crippen LogP contribution < -0.4 is 10.1 Å². The van der Waals surface area contributed by atoms with Crippen molar-refractivity contribution >= 4 is 11.6 Å². The minimum Gasteiger partial charge on any atom is -0.488 e. The molecule has 0 radical (unpaired) electrons. The Hall–Kier alpha value is -2.30. The number of amides is 1. The lowest BCUT2D eigenvalue weighted by atomic mass is 10.2. The first-order chi connectivity index (χ1) is 9.35. The van der Waals surface area contributed by atoms with E-state index in [-0.39, 0.29) is 11.5 Å². The van der Waals surface area contributed by atoms with Crippen molar-refractivity contribution in [3.05, 3.63) is 42.2 Å². The topological polar surface area (TPSA) is 56.2 Å². The molecule has 1 amide bonds. The molecule has 0 saturated heterocycles. The zero-order valence-electron chi connectivity index (χ0n) is 12.2. The van der Waals surface area contributed by atoms with Crippen LogP contribution in [0.3, 0.4) is 0 Å². The zero-order valence-corrected chi connectivity index (χ0v) is 12.2. The number of hydrogen-bond donors (Lipinski definition) is 1. The quantitative estimate of drug-likeness (QED) is 0.935. The van der Waals surface area contributed by atoms with Crippen LogP contribution >= 0.6 is 0 Å². The van der Waals surface area contributed by atoms with Crippen molar-refractivity contribution in [2.24, 2.45) is 7.05 Å². The second-order valence-corrected chi connectivity index (χ2v) is 5.53. The van der Waals surface area contributed by atoms with E-state index in [1.165, 1.54) is 4.68 Å². The average Bonchev–Trinajstić information content (AvgIpc) is 2.76. The van der Waals surface area contributed by atoms with Gasteiger partial charge in [-0.2, -0.15) is 5.10 Å². The molecular formula is C15H19N3O2. The number of ether oxygens (including phenoxy) is 1. The smallest absolute Gasteiger partial charge is 0.273 e. The number of carbonyl (C=O) groups excluding carboxylic acids is 1. The Morgan fingerprint density at radius 1 is 1.20 bits per heavy atom. The molecular weight excluding hydrogens is 254 g/mol. The lowest BCUT2D eigenvalue weighted by molar-refractivity contribution is 0.101.